The number of carbonyl (C=O) groups is 1. The van der Waals surface area contributed by atoms with Gasteiger partial charge in [-0.2, -0.15) is 5.06 Å². The number of carbonyl (C=O) groups excluding carboxylic acids is 1. The summed E-state index contributed by atoms with van der Waals surface area (Å²) in [6.45, 7) is 3.70. The first-order valence-corrected chi connectivity index (χ1v) is 9.80. The second-order valence-electron chi connectivity index (χ2n) is 6.62. The van der Waals surface area contributed by atoms with E-state index in [0.29, 0.717) is 13.0 Å². The second kappa shape index (κ2) is 19.5. The molecule has 1 heterocycles. The quantitative estimate of drug-likeness (QED) is 0.363. The molecular weight excluding hydrogens is 338 g/mol. The summed E-state index contributed by atoms with van der Waals surface area (Å²) >= 11 is 0. The van der Waals surface area contributed by atoms with Crippen molar-refractivity contribution < 1.29 is 9.63 Å². The zero-order valence-corrected chi connectivity index (χ0v) is 17.0. The molecule has 0 saturated heterocycles. The van der Waals surface area contributed by atoms with Crippen LogP contribution in [0.1, 0.15) is 96.8 Å². The lowest BCUT2D eigenvalue weighted by atomic mass is 10.0. The topological polar surface area (TPSA) is 76.9 Å². The monoisotopic (exact) mass is 377 g/mol. The highest BCUT2D eigenvalue weighted by molar-refractivity contribution is 5.85. The van der Waals surface area contributed by atoms with Crippen molar-refractivity contribution in [1.29, 1.82) is 0 Å². The van der Waals surface area contributed by atoms with Gasteiger partial charge in [-0.05, 0) is 6.42 Å². The molecule has 3 N–H and O–H groups in total. The molecule has 1 aliphatic rings. The highest BCUT2D eigenvalue weighted by atomic mass is 35.5. The second-order valence-corrected chi connectivity index (χ2v) is 6.62. The molecule has 0 aromatic carbocycles. The molecule has 0 bridgehead atoms. The summed E-state index contributed by atoms with van der Waals surface area (Å²) in [4.78, 5) is 20.7. The Bertz CT molecular complexity index is 328. The fourth-order valence-electron chi connectivity index (χ4n) is 2.90. The van der Waals surface area contributed by atoms with Gasteiger partial charge >= 0.3 is 5.97 Å². The molecule has 0 radical (unpaired) electrons. The van der Waals surface area contributed by atoms with Crippen LogP contribution in [0, 0.1) is 0 Å². The van der Waals surface area contributed by atoms with Crippen molar-refractivity contribution in [2.75, 3.05) is 13.1 Å². The molecule has 0 fully saturated rings. The van der Waals surface area contributed by atoms with Crippen molar-refractivity contribution in [2.45, 2.75) is 96.8 Å². The number of nitrogens with zero attached hydrogens (tertiary/aromatic N) is 2. The van der Waals surface area contributed by atoms with Crippen LogP contribution in [-0.4, -0.2) is 30.5 Å². The standard InChI is InChI=1S/C19H36N2O2.ClH.H3N/c1-2-3-4-5-6-7-8-9-10-11-12-13-14-15-19(22)23-21-17-16-20-18-21;;/h18H,2-17H2,1H3;1H;1H3. The number of halogens is 1. The molecular formula is C19H40ClN3O2. The number of rotatable bonds is 15. The molecule has 6 heteroatoms. The van der Waals surface area contributed by atoms with E-state index in [4.69, 9.17) is 4.84 Å². The number of aliphatic imine (C=N–C) groups is 1. The van der Waals surface area contributed by atoms with E-state index in [1.54, 1.807) is 6.34 Å². The molecule has 0 aliphatic carbocycles. The van der Waals surface area contributed by atoms with Crippen LogP contribution in [0.3, 0.4) is 0 Å². The van der Waals surface area contributed by atoms with Gasteiger partial charge in [-0.25, -0.2) is 4.79 Å². The maximum atomic E-state index is 11.6. The van der Waals surface area contributed by atoms with E-state index in [1.165, 1.54) is 75.7 Å². The van der Waals surface area contributed by atoms with Crippen LogP contribution in [0.15, 0.2) is 4.99 Å². The number of hydrogen-bond acceptors (Lipinski definition) is 5. The third-order valence-electron chi connectivity index (χ3n) is 4.36. The van der Waals surface area contributed by atoms with Gasteiger partial charge in [0.25, 0.3) is 0 Å². The molecule has 0 aromatic heterocycles. The zero-order chi connectivity index (χ0) is 16.6. The summed E-state index contributed by atoms with van der Waals surface area (Å²) in [5.74, 6) is -0.124. The molecule has 150 valence electrons. The summed E-state index contributed by atoms with van der Waals surface area (Å²) < 4.78 is 0. The normalized spacial score (nSPS) is 12.6. The first kappa shape index (κ1) is 26.4. The minimum absolute atomic E-state index is 0. The third-order valence-corrected chi connectivity index (χ3v) is 4.36. The predicted octanol–water partition coefficient (Wildman–Crippen LogP) is 5.85. The molecule has 0 spiro atoms. The number of hydroxylamine groups is 2. The minimum atomic E-state index is -0.124. The van der Waals surface area contributed by atoms with Crippen LogP contribution >= 0.6 is 12.4 Å². The average molecular weight is 378 g/mol. The Kier molecular flexibility index (Phi) is 20.6. The van der Waals surface area contributed by atoms with E-state index in [9.17, 15) is 4.79 Å². The van der Waals surface area contributed by atoms with E-state index in [1.807, 2.05) is 0 Å². The Balaban J connectivity index is 0. The molecule has 1 aliphatic heterocycles. The average Bonchev–Trinajstić information content (AvgIpc) is 3.04. The summed E-state index contributed by atoms with van der Waals surface area (Å²) in [5.41, 5.74) is 0. The molecule has 0 aromatic rings. The Morgan fingerprint density at radius 1 is 0.920 bits per heavy atom. The first-order chi connectivity index (χ1) is 11.3. The maximum Gasteiger partial charge on any atom is 0.332 e. The van der Waals surface area contributed by atoms with Gasteiger partial charge in [0.05, 0.1) is 13.1 Å². The summed E-state index contributed by atoms with van der Waals surface area (Å²) in [5, 5.41) is 1.53. The van der Waals surface area contributed by atoms with Crippen LogP contribution in [0.25, 0.3) is 0 Å². The number of unbranched alkanes of at least 4 members (excludes halogenated alkanes) is 12. The Labute approximate surface area is 160 Å². The van der Waals surface area contributed by atoms with E-state index in [2.05, 4.69) is 11.9 Å². The highest BCUT2D eigenvalue weighted by Gasteiger charge is 2.11. The van der Waals surface area contributed by atoms with Crippen LogP contribution < -0.4 is 6.15 Å². The Morgan fingerprint density at radius 2 is 1.40 bits per heavy atom. The highest BCUT2D eigenvalue weighted by Crippen LogP contribution is 2.13. The van der Waals surface area contributed by atoms with Crippen molar-refractivity contribution in [3.8, 4) is 0 Å². The first-order valence-electron chi connectivity index (χ1n) is 9.80. The zero-order valence-electron chi connectivity index (χ0n) is 16.2. The van der Waals surface area contributed by atoms with Crippen LogP contribution in [0.4, 0.5) is 0 Å². The Morgan fingerprint density at radius 3 is 1.84 bits per heavy atom. The van der Waals surface area contributed by atoms with E-state index in [0.717, 1.165) is 19.4 Å². The van der Waals surface area contributed by atoms with Crippen molar-refractivity contribution >= 4 is 24.7 Å². The van der Waals surface area contributed by atoms with Gasteiger partial charge in [-0.3, -0.25) is 4.99 Å². The van der Waals surface area contributed by atoms with Gasteiger partial charge in [-0.1, -0.05) is 84.0 Å². The van der Waals surface area contributed by atoms with Gasteiger partial charge in [0.15, 0.2) is 0 Å². The molecule has 5 nitrogen and oxygen atoms in total. The largest absolute Gasteiger partial charge is 0.344 e. The molecule has 0 saturated carbocycles. The lowest BCUT2D eigenvalue weighted by Crippen LogP contribution is -2.24. The van der Waals surface area contributed by atoms with Gasteiger partial charge in [-0.15, -0.1) is 12.4 Å². The summed E-state index contributed by atoms with van der Waals surface area (Å²) in [7, 11) is 0. The van der Waals surface area contributed by atoms with E-state index in [-0.39, 0.29) is 24.5 Å². The van der Waals surface area contributed by atoms with E-state index < -0.39 is 0 Å². The van der Waals surface area contributed by atoms with Gasteiger partial charge in [0, 0.05) is 6.42 Å². The van der Waals surface area contributed by atoms with Crippen molar-refractivity contribution in [2.24, 2.45) is 4.99 Å². The molecule has 0 unspecified atom stereocenters. The van der Waals surface area contributed by atoms with E-state index >= 15 is 0 Å². The fraction of sp³-hybridized carbons (Fsp3) is 0.895. The molecule has 0 atom stereocenters. The maximum absolute atomic E-state index is 11.6. The minimum Gasteiger partial charge on any atom is -0.344 e. The smallest absolute Gasteiger partial charge is 0.332 e. The van der Waals surface area contributed by atoms with Gasteiger partial charge in [0.1, 0.15) is 6.34 Å². The molecule has 25 heavy (non-hydrogen) atoms. The van der Waals surface area contributed by atoms with Crippen molar-refractivity contribution in [1.82, 2.24) is 11.2 Å². The van der Waals surface area contributed by atoms with Gasteiger partial charge < -0.3 is 11.0 Å². The summed E-state index contributed by atoms with van der Waals surface area (Å²) in [6, 6.07) is 0. The third kappa shape index (κ3) is 16.4. The predicted molar refractivity (Wildman–Crippen MR) is 109 cm³/mol. The Hall–Kier alpha value is -0.810. The molecule has 0 amide bonds. The molecule has 1 rings (SSSR count). The fourth-order valence-corrected chi connectivity index (χ4v) is 2.90. The lowest BCUT2D eigenvalue weighted by Gasteiger charge is -2.12. The lowest BCUT2D eigenvalue weighted by molar-refractivity contribution is -0.170. The van der Waals surface area contributed by atoms with Crippen LogP contribution in [0.5, 0.6) is 0 Å². The number of hydrogen-bond donors (Lipinski definition) is 1. The summed E-state index contributed by atoms with van der Waals surface area (Å²) in [6.07, 6.45) is 19.3. The SMILES string of the molecule is CCCCCCCCCCCCCCCC(=O)ON1C=NCC1.Cl.N. The van der Waals surface area contributed by atoms with Crippen LogP contribution in [0.2, 0.25) is 0 Å². The van der Waals surface area contributed by atoms with Crippen LogP contribution in [-0.2, 0) is 9.63 Å². The van der Waals surface area contributed by atoms with Crippen molar-refractivity contribution in [3.63, 3.8) is 0 Å². The van der Waals surface area contributed by atoms with Crippen molar-refractivity contribution in [3.05, 3.63) is 0 Å². The van der Waals surface area contributed by atoms with Gasteiger partial charge in [0.2, 0.25) is 0 Å².